The standard InChI is InChI=1S/C16H19N5.C15H18N6.C14H18N4.ClH/c1-21(16-11-3-5-18-15(11)19-9-20-16)8-14-12-6-10(2-4-17)7-13(12)14;1-20(15-10-2-4-17-14(10)18-9-19-15)6-11-12-7-21(5-3-16)8-13(11)12;1-18(7-12-9-3-2-4-10(9)12)14-11-5-6-15-13(11)16-8-17-14;/h3,5,9-10,12-14H,2,6-8H2,1H3,(H,18,19,20);2,4,9,11-13H,5-8H2,1H3,(H,17,18,19);5-6,8-10,12H,2-4,7H2,1H3,(H,15,16,17);1H/t10?,12-,13+,14?;11?,12-,13+;9-,10+,12?;. The molecule has 0 bridgehead atoms. The zero-order valence-corrected chi connectivity index (χ0v) is 36.0. The fraction of sp³-hybridized carbons (Fsp3) is 0.556. The number of piperidine rings is 1. The van der Waals surface area contributed by atoms with Crippen molar-refractivity contribution in [3.8, 4) is 12.1 Å². The first-order chi connectivity index (χ1) is 29.4. The zero-order chi connectivity index (χ0) is 40.9. The summed E-state index contributed by atoms with van der Waals surface area (Å²) in [7, 11) is 6.38. The van der Waals surface area contributed by atoms with Gasteiger partial charge in [-0.1, -0.05) is 6.42 Å². The summed E-state index contributed by atoms with van der Waals surface area (Å²) in [5.74, 6) is 11.4. The van der Waals surface area contributed by atoms with Crippen molar-refractivity contribution in [2.45, 2.75) is 38.5 Å². The summed E-state index contributed by atoms with van der Waals surface area (Å²) in [6.07, 6.45) is 18.2. The highest BCUT2D eigenvalue weighted by atomic mass is 35.5. The average molecular weight is 843 g/mol. The molecule has 318 valence electrons. The maximum atomic E-state index is 8.79. The summed E-state index contributed by atoms with van der Waals surface area (Å²) in [5.41, 5.74) is 2.72. The molecule has 0 spiro atoms. The van der Waals surface area contributed by atoms with Crippen molar-refractivity contribution < 1.29 is 0 Å². The highest BCUT2D eigenvalue weighted by molar-refractivity contribution is 5.88. The number of aromatic amines is 3. The van der Waals surface area contributed by atoms with E-state index < -0.39 is 0 Å². The third-order valence-corrected chi connectivity index (χ3v) is 15.0. The lowest BCUT2D eigenvalue weighted by molar-refractivity contribution is 0.318. The molecule has 3 N–H and O–H groups in total. The van der Waals surface area contributed by atoms with Crippen LogP contribution in [-0.2, 0) is 0 Å². The van der Waals surface area contributed by atoms with Gasteiger partial charge in [-0.05, 0) is 103 Å². The molecule has 7 heterocycles. The minimum Gasteiger partial charge on any atom is -0.359 e. The number of anilines is 3. The number of likely N-dealkylation sites (tertiary alicyclic amines) is 1. The average Bonchev–Trinajstić information content (AvgIpc) is 3.83. The molecule has 16 heteroatoms. The van der Waals surface area contributed by atoms with E-state index in [1.807, 2.05) is 30.7 Å². The van der Waals surface area contributed by atoms with Crippen LogP contribution in [0.4, 0.5) is 17.5 Å². The molecule has 5 saturated carbocycles. The number of fused-ring (bicyclic) bond motifs is 6. The lowest BCUT2D eigenvalue weighted by atomic mass is 9.97. The van der Waals surface area contributed by atoms with E-state index in [1.54, 1.807) is 19.0 Å². The summed E-state index contributed by atoms with van der Waals surface area (Å²) in [6.45, 7) is 5.98. The SMILES string of the molecule is CN(CC1[C@H]2CC(CC#N)C[C@@H]12)c1ncnc2[nH]ccc12.CN(CC1[C@H]2CCC[C@@H]12)c1ncnc2[nH]ccc12.CN(CC1[C@H]2CN(CC#N)C[C@@H]12)c1ncnc2[nH]ccc12.Cl. The van der Waals surface area contributed by atoms with Crippen molar-refractivity contribution in [1.82, 2.24) is 49.8 Å². The van der Waals surface area contributed by atoms with Crippen molar-refractivity contribution in [1.29, 1.82) is 10.5 Å². The largest absolute Gasteiger partial charge is 0.359 e. The number of hydrogen-bond acceptors (Lipinski definition) is 12. The summed E-state index contributed by atoms with van der Waals surface area (Å²) >= 11 is 0. The van der Waals surface area contributed by atoms with Crippen molar-refractivity contribution in [3.63, 3.8) is 0 Å². The van der Waals surface area contributed by atoms with Gasteiger partial charge in [0, 0.05) is 78.9 Å². The monoisotopic (exact) mass is 841 g/mol. The number of halogens is 1. The topological polar surface area (TPSA) is 185 Å². The second kappa shape index (κ2) is 17.1. The van der Waals surface area contributed by atoms with Crippen molar-refractivity contribution in [3.05, 3.63) is 55.8 Å². The number of nitrogens with one attached hydrogen (secondary N) is 3. The van der Waals surface area contributed by atoms with Crippen LogP contribution in [0.25, 0.3) is 33.1 Å². The van der Waals surface area contributed by atoms with Gasteiger partial charge in [0.05, 0.1) is 34.8 Å². The van der Waals surface area contributed by atoms with Crippen LogP contribution in [0, 0.1) is 81.8 Å². The predicted molar refractivity (Wildman–Crippen MR) is 239 cm³/mol. The van der Waals surface area contributed by atoms with Crippen LogP contribution in [0.5, 0.6) is 0 Å². The van der Waals surface area contributed by atoms with Crippen LogP contribution >= 0.6 is 12.4 Å². The maximum Gasteiger partial charge on any atom is 0.142 e. The minimum atomic E-state index is 0. The Hall–Kier alpha value is -5.51. The molecule has 0 amide bonds. The van der Waals surface area contributed by atoms with E-state index in [0.717, 1.165) is 143 Å². The molecular weight excluding hydrogens is 786 g/mol. The quantitative estimate of drug-likeness (QED) is 0.120. The molecule has 6 fully saturated rings. The van der Waals surface area contributed by atoms with E-state index in [2.05, 4.69) is 104 Å². The van der Waals surface area contributed by atoms with Gasteiger partial charge in [-0.25, -0.2) is 29.9 Å². The molecule has 0 radical (unpaired) electrons. The number of aromatic nitrogens is 9. The predicted octanol–water partition coefficient (Wildman–Crippen LogP) is 6.54. The molecule has 0 aromatic carbocycles. The molecule has 5 aliphatic carbocycles. The molecule has 15 nitrogen and oxygen atoms in total. The number of rotatable bonds is 11. The maximum absolute atomic E-state index is 8.79. The second-order valence-electron chi connectivity index (χ2n) is 18.4. The normalized spacial score (nSPS) is 28.5. The van der Waals surface area contributed by atoms with Gasteiger partial charge in [0.15, 0.2) is 0 Å². The highest BCUT2D eigenvalue weighted by Crippen LogP contribution is 2.60. The van der Waals surface area contributed by atoms with Crippen LogP contribution in [0.3, 0.4) is 0 Å². The lowest BCUT2D eigenvalue weighted by Gasteiger charge is -2.21. The zero-order valence-electron chi connectivity index (χ0n) is 35.2. The first kappa shape index (κ1) is 40.9. The van der Waals surface area contributed by atoms with E-state index in [9.17, 15) is 0 Å². The summed E-state index contributed by atoms with van der Waals surface area (Å²) in [4.78, 5) is 44.5. The molecule has 6 aromatic heterocycles. The Bertz CT molecular complexity index is 2380. The van der Waals surface area contributed by atoms with Crippen LogP contribution < -0.4 is 14.7 Å². The number of hydrogen-bond donors (Lipinski definition) is 3. The lowest BCUT2D eigenvalue weighted by Crippen LogP contribution is -2.29. The summed E-state index contributed by atoms with van der Waals surface area (Å²) in [5, 5.41) is 20.8. The third-order valence-electron chi connectivity index (χ3n) is 15.0. The Morgan fingerprint density at radius 2 is 1.00 bits per heavy atom. The van der Waals surface area contributed by atoms with Crippen LogP contribution in [0.15, 0.2) is 55.8 Å². The van der Waals surface area contributed by atoms with E-state index in [-0.39, 0.29) is 12.4 Å². The third kappa shape index (κ3) is 8.06. The van der Waals surface area contributed by atoms with Gasteiger partial charge in [-0.15, -0.1) is 12.4 Å². The van der Waals surface area contributed by atoms with Gasteiger partial charge in [-0.2, -0.15) is 10.5 Å². The van der Waals surface area contributed by atoms with E-state index in [0.29, 0.717) is 12.5 Å². The Labute approximate surface area is 362 Å². The molecule has 6 aromatic rings. The Morgan fingerprint density at radius 1 is 0.590 bits per heavy atom. The van der Waals surface area contributed by atoms with Crippen LogP contribution in [0.1, 0.15) is 38.5 Å². The van der Waals surface area contributed by atoms with Crippen molar-refractivity contribution >= 4 is 63.0 Å². The first-order valence-electron chi connectivity index (χ1n) is 21.8. The number of H-pyrrole nitrogens is 3. The van der Waals surface area contributed by atoms with E-state index in [1.165, 1.54) is 32.1 Å². The second-order valence-corrected chi connectivity index (χ2v) is 18.4. The molecule has 6 aliphatic rings. The summed E-state index contributed by atoms with van der Waals surface area (Å²) in [6, 6.07) is 10.7. The molecule has 12 rings (SSSR count). The number of nitriles is 2. The van der Waals surface area contributed by atoms with Crippen LogP contribution in [-0.4, -0.2) is 110 Å². The smallest absolute Gasteiger partial charge is 0.142 e. The van der Waals surface area contributed by atoms with Crippen molar-refractivity contribution in [2.75, 3.05) is 75.1 Å². The van der Waals surface area contributed by atoms with Gasteiger partial charge in [0.25, 0.3) is 0 Å². The Morgan fingerprint density at radius 3 is 1.41 bits per heavy atom. The fourth-order valence-electron chi connectivity index (χ4n) is 11.8. The Kier molecular flexibility index (Phi) is 11.5. The molecule has 10 atom stereocenters. The van der Waals surface area contributed by atoms with Gasteiger partial charge in [0.1, 0.15) is 53.4 Å². The minimum absolute atomic E-state index is 0. The molecule has 1 aliphatic heterocycles. The molecular formula is C45H56ClN15. The summed E-state index contributed by atoms with van der Waals surface area (Å²) < 4.78 is 0. The molecule has 1 saturated heterocycles. The van der Waals surface area contributed by atoms with Gasteiger partial charge >= 0.3 is 0 Å². The van der Waals surface area contributed by atoms with E-state index in [4.69, 9.17) is 10.5 Å². The molecule has 61 heavy (non-hydrogen) atoms. The van der Waals surface area contributed by atoms with Crippen molar-refractivity contribution in [2.24, 2.45) is 59.2 Å². The number of nitrogens with zero attached hydrogens (tertiary/aromatic N) is 12. The van der Waals surface area contributed by atoms with E-state index >= 15 is 0 Å². The molecule has 4 unspecified atom stereocenters. The van der Waals surface area contributed by atoms with Gasteiger partial charge < -0.3 is 29.7 Å². The first-order valence-corrected chi connectivity index (χ1v) is 21.8. The Balaban J connectivity index is 0.000000116. The van der Waals surface area contributed by atoms with Crippen LogP contribution in [0.2, 0.25) is 0 Å². The highest BCUT2D eigenvalue weighted by Gasteiger charge is 2.56. The fourth-order valence-corrected chi connectivity index (χ4v) is 11.8. The van der Waals surface area contributed by atoms with Gasteiger partial charge in [-0.3, -0.25) is 4.90 Å². The van der Waals surface area contributed by atoms with Gasteiger partial charge in [0.2, 0.25) is 0 Å².